The number of aromatic hydroxyl groups is 1. The predicted octanol–water partition coefficient (Wildman–Crippen LogP) is 6.60. The zero-order chi connectivity index (χ0) is 47.9. The Morgan fingerprint density at radius 3 is 2.42 bits per heavy atom. The molecule has 1 aliphatic carbocycles. The van der Waals surface area contributed by atoms with Crippen LogP contribution in [0.5, 0.6) is 11.6 Å². The average Bonchev–Trinajstić information content (AvgIpc) is 4.12. The highest BCUT2D eigenvalue weighted by molar-refractivity contribution is 7.13. The third kappa shape index (κ3) is 9.57. The summed E-state index contributed by atoms with van der Waals surface area (Å²) in [6.07, 6.45) is 4.32. The van der Waals surface area contributed by atoms with Crippen molar-refractivity contribution in [2.24, 2.45) is 5.92 Å². The number of amides is 2. The van der Waals surface area contributed by atoms with Gasteiger partial charge in [-0.1, -0.05) is 48.5 Å². The van der Waals surface area contributed by atoms with Crippen LogP contribution in [0.4, 0.5) is 17.2 Å². The van der Waals surface area contributed by atoms with Gasteiger partial charge >= 0.3 is 0 Å². The molecule has 6 aromatic rings. The summed E-state index contributed by atoms with van der Waals surface area (Å²) < 4.78 is 18.5. The molecule has 360 valence electrons. The maximum absolute atomic E-state index is 14.6. The van der Waals surface area contributed by atoms with Crippen LogP contribution >= 0.6 is 11.3 Å². The molecule has 3 aliphatic heterocycles. The quantitative estimate of drug-likeness (QED) is 0.0853. The summed E-state index contributed by atoms with van der Waals surface area (Å²) in [5.41, 5.74) is 14.9. The highest BCUT2D eigenvalue weighted by atomic mass is 32.1. The van der Waals surface area contributed by atoms with Gasteiger partial charge in [0.1, 0.15) is 29.6 Å². The number of hydrogen-bond donors (Lipinski definition) is 4. The lowest BCUT2D eigenvalue weighted by molar-refractivity contribution is -0.142. The van der Waals surface area contributed by atoms with Crippen molar-refractivity contribution in [2.75, 3.05) is 41.8 Å². The minimum atomic E-state index is -0.861. The molecule has 10 rings (SSSR count). The first kappa shape index (κ1) is 46.1. The number of β-amino-alcohol motifs (C(OH)–C–C–N with tert-alkyl or cyclic N) is 1. The molecule has 0 radical (unpaired) electrons. The third-order valence-electron chi connectivity index (χ3n) is 14.2. The second-order valence-electron chi connectivity index (χ2n) is 19.1. The molecule has 4 aromatic heterocycles. The van der Waals surface area contributed by atoms with Gasteiger partial charge in [-0.15, -0.1) is 21.5 Å². The number of carbonyl (C=O) groups excluding carboxylic acids is 2. The number of aliphatic hydroxyl groups is 1. The number of phenols is 1. The summed E-state index contributed by atoms with van der Waals surface area (Å²) in [5.74, 6) is -0.310. The van der Waals surface area contributed by atoms with Gasteiger partial charge in [0.2, 0.25) is 17.7 Å². The largest absolute Gasteiger partial charge is 0.507 e. The number of nitrogens with zero attached hydrogens (tertiary/aromatic N) is 8. The van der Waals surface area contributed by atoms with Crippen LogP contribution < -0.4 is 25.6 Å². The summed E-state index contributed by atoms with van der Waals surface area (Å²) in [5, 5.41) is 37.0. The normalized spacial score (nSPS) is 23.3. The van der Waals surface area contributed by atoms with E-state index in [9.17, 15) is 19.8 Å². The summed E-state index contributed by atoms with van der Waals surface area (Å²) in [6, 6.07) is 22.2. The van der Waals surface area contributed by atoms with Crippen molar-refractivity contribution in [3.63, 3.8) is 0 Å². The summed E-state index contributed by atoms with van der Waals surface area (Å²) >= 11 is 1.59. The van der Waals surface area contributed by atoms with Crippen LogP contribution in [0.15, 0.2) is 89.0 Å². The van der Waals surface area contributed by atoms with Crippen molar-refractivity contribution in [3.05, 3.63) is 107 Å². The number of nitrogens with two attached hydrogens (primary N) is 1. The number of aromatic nitrogens is 5. The highest BCUT2D eigenvalue weighted by Gasteiger charge is 2.45. The Morgan fingerprint density at radius 1 is 0.942 bits per heavy atom. The second kappa shape index (κ2) is 19.4. The van der Waals surface area contributed by atoms with Crippen molar-refractivity contribution in [3.8, 4) is 33.3 Å². The van der Waals surface area contributed by atoms with Crippen LogP contribution in [0.25, 0.3) is 21.7 Å². The molecule has 4 aliphatic rings. The van der Waals surface area contributed by atoms with E-state index >= 15 is 0 Å². The van der Waals surface area contributed by atoms with E-state index < -0.39 is 18.1 Å². The fraction of sp³-hybridized carbons (Fsp3) is 0.431. The third-order valence-corrected chi connectivity index (χ3v) is 15.2. The first-order valence-electron chi connectivity index (χ1n) is 23.8. The number of carbonyl (C=O) groups is 2. The fourth-order valence-corrected chi connectivity index (χ4v) is 11.3. The van der Waals surface area contributed by atoms with E-state index in [-0.39, 0.29) is 73.4 Å². The van der Waals surface area contributed by atoms with Gasteiger partial charge in [0.05, 0.1) is 58.0 Å². The smallest absolute Gasteiger partial charge is 0.243 e. The van der Waals surface area contributed by atoms with Gasteiger partial charge < -0.3 is 50.0 Å². The van der Waals surface area contributed by atoms with E-state index in [4.69, 9.17) is 19.7 Å². The zero-order valence-corrected chi connectivity index (χ0v) is 40.0. The number of phenolic OH excluding ortho intramolecular Hbond substituents is 1. The number of thiazole rings is 1. The highest BCUT2D eigenvalue weighted by Crippen LogP contribution is 2.41. The summed E-state index contributed by atoms with van der Waals surface area (Å²) in [4.78, 5) is 44.7. The van der Waals surface area contributed by atoms with E-state index in [0.29, 0.717) is 47.3 Å². The number of anilines is 3. The van der Waals surface area contributed by atoms with E-state index in [2.05, 4.69) is 40.4 Å². The number of piperazine rings is 1. The molecule has 17 nitrogen and oxygen atoms in total. The first-order chi connectivity index (χ1) is 33.4. The molecular formula is C51H58N10O7S. The maximum atomic E-state index is 14.6. The number of likely N-dealkylation sites (tertiary alicyclic amines) is 1. The van der Waals surface area contributed by atoms with Crippen molar-refractivity contribution in [2.45, 2.75) is 108 Å². The van der Waals surface area contributed by atoms with Crippen molar-refractivity contribution in [1.29, 1.82) is 0 Å². The topological polar surface area (TPSA) is 218 Å². The minimum Gasteiger partial charge on any atom is -0.507 e. The molecule has 7 atom stereocenters. The number of hydrogen-bond acceptors (Lipinski definition) is 16. The molecule has 0 spiro atoms. The number of para-hydroxylation sites is 1. The molecule has 7 heterocycles. The molecule has 5 N–H and O–H groups in total. The molecule has 2 aromatic carbocycles. The van der Waals surface area contributed by atoms with Crippen LogP contribution in [-0.2, 0) is 14.3 Å². The van der Waals surface area contributed by atoms with Gasteiger partial charge in [-0.3, -0.25) is 9.59 Å². The van der Waals surface area contributed by atoms with Crippen molar-refractivity contribution in [1.82, 2.24) is 35.5 Å². The van der Waals surface area contributed by atoms with Gasteiger partial charge in [-0.05, 0) is 74.9 Å². The van der Waals surface area contributed by atoms with Gasteiger partial charge in [-0.2, -0.15) is 0 Å². The lowest BCUT2D eigenvalue weighted by Gasteiger charge is -2.43. The van der Waals surface area contributed by atoms with Crippen LogP contribution in [-0.4, -0.2) is 115 Å². The summed E-state index contributed by atoms with van der Waals surface area (Å²) in [7, 11) is 0. The molecular weight excluding hydrogens is 897 g/mol. The van der Waals surface area contributed by atoms with Crippen LogP contribution in [0, 0.1) is 19.8 Å². The lowest BCUT2D eigenvalue weighted by Crippen LogP contribution is -2.54. The molecule has 3 saturated heterocycles. The molecule has 2 bridgehead atoms. The van der Waals surface area contributed by atoms with E-state index in [0.717, 1.165) is 59.0 Å². The predicted molar refractivity (Wildman–Crippen MR) is 261 cm³/mol. The van der Waals surface area contributed by atoms with Gasteiger partial charge in [0.25, 0.3) is 0 Å². The maximum Gasteiger partial charge on any atom is 0.243 e. The van der Waals surface area contributed by atoms with Gasteiger partial charge in [0, 0.05) is 80.6 Å². The number of aliphatic hydroxyl groups excluding tert-OH is 1. The number of nitrogens with one attached hydrogen (secondary N) is 1. The molecule has 1 unspecified atom stereocenters. The number of aryl methyl sites for hydroxylation is 2. The lowest BCUT2D eigenvalue weighted by atomic mass is 9.89. The Morgan fingerprint density at radius 2 is 1.71 bits per heavy atom. The number of fused-ring (bicyclic) bond motifs is 2. The number of ether oxygens (including phenoxy) is 2. The van der Waals surface area contributed by atoms with E-state index in [1.165, 1.54) is 4.90 Å². The molecule has 2 amide bonds. The first-order valence-corrected chi connectivity index (χ1v) is 24.7. The van der Waals surface area contributed by atoms with Crippen LogP contribution in [0.2, 0.25) is 0 Å². The van der Waals surface area contributed by atoms with E-state index in [1.54, 1.807) is 42.7 Å². The monoisotopic (exact) mass is 954 g/mol. The Labute approximate surface area is 404 Å². The zero-order valence-electron chi connectivity index (χ0n) is 39.1. The number of rotatable bonds is 15. The van der Waals surface area contributed by atoms with Crippen molar-refractivity contribution >= 4 is 40.3 Å². The molecule has 4 fully saturated rings. The Kier molecular flexibility index (Phi) is 13.0. The molecule has 18 heteroatoms. The Hall–Kier alpha value is -6.63. The Bertz CT molecular complexity index is 2780. The minimum absolute atomic E-state index is 0.0287. The van der Waals surface area contributed by atoms with E-state index in [1.807, 2.05) is 80.9 Å². The van der Waals surface area contributed by atoms with Gasteiger partial charge in [-0.25, -0.2) is 9.97 Å². The average molecular weight is 955 g/mol. The van der Waals surface area contributed by atoms with Crippen LogP contribution in [0.1, 0.15) is 80.6 Å². The SMILES string of the molecule is Cc1cc([C@@H](C(=O)N2C[C@H](O)C[C@H]2C(=O)N[C@@H](C)c2ccc(-c3scnc3C)cc2)[C@@H](C)COC2CC(Oc3cc(N4C5CC[C@H]4CN(c4cc(-c6ccccc6O)nnc4N)C5)ccn3)C2)on1. The molecule has 1 saturated carbocycles. The van der Waals surface area contributed by atoms with Crippen molar-refractivity contribution < 1.29 is 33.8 Å². The molecule has 69 heavy (non-hydrogen) atoms. The fourth-order valence-electron chi connectivity index (χ4n) is 10.5. The number of benzene rings is 2. The number of pyridine rings is 1. The number of nitrogen functional groups attached to an aromatic ring is 1. The Balaban J connectivity index is 0.735. The van der Waals surface area contributed by atoms with Crippen LogP contribution in [0.3, 0.4) is 0 Å². The second-order valence-corrected chi connectivity index (χ2v) is 19.9. The standard InChI is InChI=1S/C51H58N10O7S/c1-28(47(45-17-29(2)58-68-45)51(65)60-25-37(62)19-43(60)50(64)55-30(3)32-9-11-33(12-10-32)48-31(4)54-27-69-48)26-66-38-20-39(21-38)67-46-18-34(15-16-53-46)61-35-13-14-36(61)24-59(23-35)42-22-41(56-57-49(42)52)40-7-5-6-8-44(40)63/h5-12,15-18,22,27-28,30,35-39,43,47,62-63H,13-14,19-21,23-26H2,1-4H3,(H2,52,57)(H,55,64)/t28-,30-,35-,36?,37+,38?,39?,43-,47-/m0/s1. The summed E-state index contributed by atoms with van der Waals surface area (Å²) in [6.45, 7) is 9.44. The van der Waals surface area contributed by atoms with Gasteiger partial charge in [0.15, 0.2) is 5.82 Å².